The van der Waals surface area contributed by atoms with Crippen molar-refractivity contribution in [1.29, 1.82) is 0 Å². The Hall–Kier alpha value is -2.94. The zero-order valence-corrected chi connectivity index (χ0v) is 22.1. The van der Waals surface area contributed by atoms with E-state index in [1.54, 1.807) is 7.11 Å². The lowest BCUT2D eigenvalue weighted by Crippen LogP contribution is -2.37. The highest BCUT2D eigenvalue weighted by molar-refractivity contribution is 7.80. The summed E-state index contributed by atoms with van der Waals surface area (Å²) in [6, 6.07) is 16.4. The Labute approximate surface area is 219 Å². The first-order valence-electron chi connectivity index (χ1n) is 12.7. The first-order valence-corrected chi connectivity index (χ1v) is 13.1. The summed E-state index contributed by atoms with van der Waals surface area (Å²) >= 11 is 5.90. The van der Waals surface area contributed by atoms with E-state index in [4.69, 9.17) is 26.7 Å². The highest BCUT2D eigenvalue weighted by Gasteiger charge is 2.42. The molecule has 4 heterocycles. The highest BCUT2D eigenvalue weighted by atomic mass is 32.1. The van der Waals surface area contributed by atoms with Crippen molar-refractivity contribution in [2.24, 2.45) is 0 Å². The topological polar surface area (TPSA) is 54.8 Å². The van der Waals surface area contributed by atoms with Crippen molar-refractivity contribution in [2.45, 2.75) is 38.9 Å². The van der Waals surface area contributed by atoms with Crippen molar-refractivity contribution in [3.63, 3.8) is 0 Å². The number of anilines is 1. The standard InChI is InChI=1S/C28H35N5O2S/c1-20-19-24(21(2)32(20)14-6-13-31-15-17-35-18-16-31)27-26(25-7-4-5-12-29-25)30-28(36)33(27)22-8-10-23(34-3)11-9-22/h4-5,7-12,19,26-27H,6,13-18H2,1-3H3,(H,30,36)/t26-,27+/m1/s1. The molecule has 1 aromatic carbocycles. The zero-order valence-electron chi connectivity index (χ0n) is 21.3. The van der Waals surface area contributed by atoms with Crippen LogP contribution in [0.1, 0.15) is 41.1 Å². The van der Waals surface area contributed by atoms with Crippen LogP contribution >= 0.6 is 12.2 Å². The number of aromatic nitrogens is 2. The Morgan fingerprint density at radius 1 is 1.08 bits per heavy atom. The second-order valence-electron chi connectivity index (χ2n) is 9.48. The number of aryl methyl sites for hydroxylation is 1. The van der Waals surface area contributed by atoms with Crippen molar-refractivity contribution in [3.8, 4) is 5.75 Å². The van der Waals surface area contributed by atoms with E-state index in [0.717, 1.165) is 62.9 Å². The number of rotatable bonds is 8. The van der Waals surface area contributed by atoms with Crippen LogP contribution in [-0.2, 0) is 11.3 Å². The molecular weight excluding hydrogens is 470 g/mol. The summed E-state index contributed by atoms with van der Waals surface area (Å²) in [4.78, 5) is 9.43. The van der Waals surface area contributed by atoms with Gasteiger partial charge in [-0.2, -0.15) is 0 Å². The van der Waals surface area contributed by atoms with Gasteiger partial charge in [-0.25, -0.2) is 0 Å². The van der Waals surface area contributed by atoms with Crippen molar-refractivity contribution in [1.82, 2.24) is 19.8 Å². The lowest BCUT2D eigenvalue weighted by molar-refractivity contribution is 0.0369. The summed E-state index contributed by atoms with van der Waals surface area (Å²) in [5.41, 5.74) is 5.85. The molecule has 8 heteroatoms. The molecule has 190 valence electrons. The summed E-state index contributed by atoms with van der Waals surface area (Å²) in [6.45, 7) is 10.3. The molecule has 0 spiro atoms. The van der Waals surface area contributed by atoms with Gasteiger partial charge in [-0.1, -0.05) is 6.07 Å². The molecule has 2 fully saturated rings. The second-order valence-corrected chi connectivity index (χ2v) is 9.87. The molecule has 2 atom stereocenters. The van der Waals surface area contributed by atoms with E-state index in [-0.39, 0.29) is 12.1 Å². The average Bonchev–Trinajstić information content (AvgIpc) is 3.40. The van der Waals surface area contributed by atoms with Gasteiger partial charge in [0.2, 0.25) is 0 Å². The van der Waals surface area contributed by atoms with Gasteiger partial charge < -0.3 is 24.3 Å². The normalized spacial score (nSPS) is 20.5. The number of nitrogens with zero attached hydrogens (tertiary/aromatic N) is 4. The molecule has 0 radical (unpaired) electrons. The Balaban J connectivity index is 1.46. The van der Waals surface area contributed by atoms with Gasteiger partial charge in [0.1, 0.15) is 5.75 Å². The number of nitrogens with one attached hydrogen (secondary N) is 1. The van der Waals surface area contributed by atoms with Gasteiger partial charge in [-0.3, -0.25) is 9.88 Å². The third-order valence-corrected chi connectivity index (χ3v) is 7.65. The maximum Gasteiger partial charge on any atom is 0.174 e. The number of morpholine rings is 1. The molecule has 0 bridgehead atoms. The molecule has 1 N–H and O–H groups in total. The highest BCUT2D eigenvalue weighted by Crippen LogP contribution is 2.43. The third-order valence-electron chi connectivity index (χ3n) is 7.34. The number of benzene rings is 1. The quantitative estimate of drug-likeness (QED) is 0.455. The predicted octanol–water partition coefficient (Wildman–Crippen LogP) is 4.41. The molecule has 0 saturated carbocycles. The molecule has 2 saturated heterocycles. The van der Waals surface area contributed by atoms with Crippen molar-refractivity contribution in [2.75, 3.05) is 44.9 Å². The molecular formula is C28H35N5O2S. The first-order chi connectivity index (χ1) is 17.6. The van der Waals surface area contributed by atoms with E-state index in [1.165, 1.54) is 17.0 Å². The maximum atomic E-state index is 5.90. The van der Waals surface area contributed by atoms with Gasteiger partial charge in [0.05, 0.1) is 38.1 Å². The molecule has 36 heavy (non-hydrogen) atoms. The summed E-state index contributed by atoms with van der Waals surface area (Å²) in [7, 11) is 1.69. The van der Waals surface area contributed by atoms with Crippen molar-refractivity contribution in [3.05, 3.63) is 77.4 Å². The van der Waals surface area contributed by atoms with Crippen molar-refractivity contribution < 1.29 is 9.47 Å². The molecule has 2 aliphatic heterocycles. The summed E-state index contributed by atoms with van der Waals surface area (Å²) in [5, 5.41) is 4.28. The fraction of sp³-hybridized carbons (Fsp3) is 0.429. The minimum atomic E-state index is -0.0527. The Morgan fingerprint density at radius 3 is 2.56 bits per heavy atom. The molecule has 3 aromatic rings. The minimum Gasteiger partial charge on any atom is -0.497 e. The van der Waals surface area contributed by atoms with Crippen LogP contribution in [0, 0.1) is 13.8 Å². The maximum absolute atomic E-state index is 5.90. The van der Waals surface area contributed by atoms with Gasteiger partial charge in [0.15, 0.2) is 5.11 Å². The van der Waals surface area contributed by atoms with E-state index >= 15 is 0 Å². The number of methoxy groups -OCH3 is 1. The van der Waals surface area contributed by atoms with E-state index < -0.39 is 0 Å². The minimum absolute atomic E-state index is 0.0139. The Kier molecular flexibility index (Phi) is 7.55. The molecule has 0 aliphatic carbocycles. The third kappa shape index (κ3) is 4.98. The van der Waals surface area contributed by atoms with Crippen LogP contribution in [0.25, 0.3) is 0 Å². The van der Waals surface area contributed by atoms with Crippen LogP contribution in [0.4, 0.5) is 5.69 Å². The molecule has 0 amide bonds. The van der Waals surface area contributed by atoms with Crippen molar-refractivity contribution >= 4 is 23.0 Å². The van der Waals surface area contributed by atoms with E-state index in [2.05, 4.69) is 57.8 Å². The molecule has 2 aliphatic rings. The lowest BCUT2D eigenvalue weighted by Gasteiger charge is -2.28. The smallest absolute Gasteiger partial charge is 0.174 e. The molecule has 5 rings (SSSR count). The lowest BCUT2D eigenvalue weighted by atomic mass is 9.96. The monoisotopic (exact) mass is 505 g/mol. The largest absolute Gasteiger partial charge is 0.497 e. The van der Waals surface area contributed by atoms with Gasteiger partial charge >= 0.3 is 0 Å². The van der Waals surface area contributed by atoms with Crippen LogP contribution in [0.15, 0.2) is 54.7 Å². The van der Waals surface area contributed by atoms with Crippen LogP contribution in [0.2, 0.25) is 0 Å². The Bertz CT molecular complexity index is 1170. The Morgan fingerprint density at radius 2 is 1.86 bits per heavy atom. The number of thiocarbonyl (C=S) groups is 1. The molecule has 7 nitrogen and oxygen atoms in total. The van der Waals surface area contributed by atoms with E-state index in [9.17, 15) is 0 Å². The van der Waals surface area contributed by atoms with Crippen LogP contribution in [0.3, 0.4) is 0 Å². The average molecular weight is 506 g/mol. The van der Waals surface area contributed by atoms with Crippen LogP contribution in [0.5, 0.6) is 5.75 Å². The SMILES string of the molecule is COc1ccc(N2C(=S)N[C@H](c3ccccn3)[C@@H]2c2cc(C)n(CCCN3CCOCC3)c2C)cc1. The van der Waals surface area contributed by atoms with Crippen LogP contribution in [-0.4, -0.2) is 59.5 Å². The summed E-state index contributed by atoms with van der Waals surface area (Å²) in [6.07, 6.45) is 2.96. The van der Waals surface area contributed by atoms with Gasteiger partial charge in [0, 0.05) is 49.5 Å². The second kappa shape index (κ2) is 11.0. The van der Waals surface area contributed by atoms with Gasteiger partial charge in [-0.05, 0) is 80.5 Å². The summed E-state index contributed by atoms with van der Waals surface area (Å²) in [5.74, 6) is 0.827. The molecule has 0 unspecified atom stereocenters. The first kappa shape index (κ1) is 24.7. The van der Waals surface area contributed by atoms with E-state index in [0.29, 0.717) is 5.11 Å². The number of ether oxygens (including phenoxy) is 2. The summed E-state index contributed by atoms with van der Waals surface area (Å²) < 4.78 is 13.3. The van der Waals surface area contributed by atoms with E-state index in [1.807, 2.05) is 30.5 Å². The number of hydrogen-bond donors (Lipinski definition) is 1. The fourth-order valence-corrected chi connectivity index (χ4v) is 5.79. The number of hydrogen-bond acceptors (Lipinski definition) is 5. The molecule has 2 aromatic heterocycles. The zero-order chi connectivity index (χ0) is 25.1. The van der Waals surface area contributed by atoms with Gasteiger partial charge in [-0.15, -0.1) is 0 Å². The van der Waals surface area contributed by atoms with Gasteiger partial charge in [0.25, 0.3) is 0 Å². The fourth-order valence-electron chi connectivity index (χ4n) is 5.44. The van der Waals surface area contributed by atoms with Crippen LogP contribution < -0.4 is 15.0 Å². The predicted molar refractivity (Wildman–Crippen MR) is 147 cm³/mol. The number of pyridine rings is 1.